The number of halogens is 3. The molecule has 2 N–H and O–H groups in total. The number of hydrogen-bond donors (Lipinski definition) is 2. The third-order valence-corrected chi connectivity index (χ3v) is 4.03. The van der Waals surface area contributed by atoms with Gasteiger partial charge in [0.15, 0.2) is 11.5 Å². The average molecular weight is 377 g/mol. The van der Waals surface area contributed by atoms with Crippen LogP contribution in [0.25, 0.3) is 5.65 Å². The molecule has 27 heavy (non-hydrogen) atoms. The normalized spacial score (nSPS) is 15.1. The molecule has 0 atom stereocenters. The van der Waals surface area contributed by atoms with E-state index in [2.05, 4.69) is 25.9 Å². The molecular formula is C16H14F3N7O. The fraction of sp³-hybridized carbons (Fsp3) is 0.250. The first kappa shape index (κ1) is 17.1. The monoisotopic (exact) mass is 377 g/mol. The van der Waals surface area contributed by atoms with Crippen molar-refractivity contribution in [2.24, 2.45) is 0 Å². The van der Waals surface area contributed by atoms with Crippen molar-refractivity contribution in [3.8, 4) is 0 Å². The SMILES string of the molecule is O=C1NCCCN1c1cccc(Nc2ccc3nnc(C(F)(F)F)n3n2)c1. The number of alkyl halides is 3. The molecule has 8 nitrogen and oxygen atoms in total. The number of hydrogen-bond acceptors (Lipinski definition) is 5. The highest BCUT2D eigenvalue weighted by molar-refractivity contribution is 5.93. The maximum atomic E-state index is 13.0. The summed E-state index contributed by atoms with van der Waals surface area (Å²) in [6.45, 7) is 1.23. The zero-order valence-corrected chi connectivity index (χ0v) is 13.9. The van der Waals surface area contributed by atoms with Gasteiger partial charge in [-0.1, -0.05) is 6.07 Å². The average Bonchev–Trinajstić information content (AvgIpc) is 3.06. The molecule has 3 aromatic rings. The lowest BCUT2D eigenvalue weighted by Gasteiger charge is -2.27. The number of aromatic nitrogens is 4. The summed E-state index contributed by atoms with van der Waals surface area (Å²) in [5.74, 6) is -1.01. The first-order valence-electron chi connectivity index (χ1n) is 8.14. The summed E-state index contributed by atoms with van der Waals surface area (Å²) in [5.41, 5.74) is 1.25. The standard InChI is InChI=1S/C16H14F3N7O/c17-16(18,19)14-23-22-13-6-5-12(24-26(13)14)21-10-3-1-4-11(9-10)25-8-2-7-20-15(25)27/h1,3-6,9H,2,7-8H2,(H,20,27)(H,21,24). The summed E-state index contributed by atoms with van der Waals surface area (Å²) in [6, 6.07) is 9.70. The van der Waals surface area contributed by atoms with Crippen molar-refractivity contribution in [2.45, 2.75) is 12.6 Å². The van der Waals surface area contributed by atoms with Crippen LogP contribution in [-0.2, 0) is 6.18 Å². The summed E-state index contributed by atoms with van der Waals surface area (Å²) in [4.78, 5) is 13.6. The molecule has 0 unspecified atom stereocenters. The Bertz CT molecular complexity index is 1000. The van der Waals surface area contributed by atoms with E-state index < -0.39 is 12.0 Å². The number of nitrogens with zero attached hydrogens (tertiary/aromatic N) is 5. The van der Waals surface area contributed by atoms with Crippen LogP contribution in [0.5, 0.6) is 0 Å². The van der Waals surface area contributed by atoms with E-state index in [-0.39, 0.29) is 17.5 Å². The van der Waals surface area contributed by atoms with Gasteiger partial charge in [-0.3, -0.25) is 4.90 Å². The number of anilines is 3. The molecule has 1 aromatic carbocycles. The minimum absolute atomic E-state index is 0.00777. The van der Waals surface area contributed by atoms with Crippen molar-refractivity contribution in [3.05, 3.63) is 42.2 Å². The lowest BCUT2D eigenvalue weighted by Crippen LogP contribution is -2.46. The van der Waals surface area contributed by atoms with E-state index >= 15 is 0 Å². The topological polar surface area (TPSA) is 87.5 Å². The highest BCUT2D eigenvalue weighted by Crippen LogP contribution is 2.28. The quantitative estimate of drug-likeness (QED) is 0.733. The van der Waals surface area contributed by atoms with Crippen molar-refractivity contribution in [2.75, 3.05) is 23.3 Å². The largest absolute Gasteiger partial charge is 0.453 e. The number of urea groups is 1. The molecule has 140 valence electrons. The van der Waals surface area contributed by atoms with E-state index in [1.807, 2.05) is 0 Å². The van der Waals surface area contributed by atoms with E-state index in [9.17, 15) is 18.0 Å². The van der Waals surface area contributed by atoms with Crippen molar-refractivity contribution < 1.29 is 18.0 Å². The van der Waals surface area contributed by atoms with E-state index in [0.29, 0.717) is 29.0 Å². The van der Waals surface area contributed by atoms with Gasteiger partial charge in [0.25, 0.3) is 5.82 Å². The molecule has 0 saturated carbocycles. The van der Waals surface area contributed by atoms with Crippen molar-refractivity contribution in [1.29, 1.82) is 0 Å². The van der Waals surface area contributed by atoms with Crippen LogP contribution in [-0.4, -0.2) is 38.9 Å². The van der Waals surface area contributed by atoms with Gasteiger partial charge in [0.1, 0.15) is 0 Å². The lowest BCUT2D eigenvalue weighted by molar-refractivity contribution is -0.146. The molecule has 2 amide bonds. The maximum Gasteiger partial charge on any atom is 0.453 e. The van der Waals surface area contributed by atoms with Gasteiger partial charge in [-0.25, -0.2) is 4.79 Å². The van der Waals surface area contributed by atoms with Gasteiger partial charge in [-0.15, -0.1) is 15.3 Å². The lowest BCUT2D eigenvalue weighted by atomic mass is 10.2. The van der Waals surface area contributed by atoms with E-state index in [0.717, 1.165) is 6.42 Å². The maximum absolute atomic E-state index is 13.0. The van der Waals surface area contributed by atoms with Gasteiger partial charge in [-0.05, 0) is 36.8 Å². The number of carbonyl (C=O) groups excluding carboxylic acids is 1. The third-order valence-electron chi connectivity index (χ3n) is 4.03. The van der Waals surface area contributed by atoms with E-state index in [1.54, 1.807) is 29.2 Å². The molecular weight excluding hydrogens is 363 g/mol. The second-order valence-corrected chi connectivity index (χ2v) is 5.92. The summed E-state index contributed by atoms with van der Waals surface area (Å²) in [5, 5.41) is 16.2. The van der Waals surface area contributed by atoms with Crippen LogP contribution in [0.1, 0.15) is 12.2 Å². The van der Waals surface area contributed by atoms with E-state index in [4.69, 9.17) is 0 Å². The molecule has 4 rings (SSSR count). The van der Waals surface area contributed by atoms with Crippen LogP contribution in [0.3, 0.4) is 0 Å². The summed E-state index contributed by atoms with van der Waals surface area (Å²) < 4.78 is 39.6. The minimum atomic E-state index is -4.66. The number of rotatable bonds is 3. The molecule has 3 heterocycles. The summed E-state index contributed by atoms with van der Waals surface area (Å²) >= 11 is 0. The van der Waals surface area contributed by atoms with Crippen LogP contribution >= 0.6 is 0 Å². The Balaban J connectivity index is 1.62. The van der Waals surface area contributed by atoms with Gasteiger partial charge in [0.2, 0.25) is 0 Å². The van der Waals surface area contributed by atoms with Crippen molar-refractivity contribution in [3.63, 3.8) is 0 Å². The van der Waals surface area contributed by atoms with Gasteiger partial charge in [0, 0.05) is 24.5 Å². The third kappa shape index (κ3) is 3.35. The van der Waals surface area contributed by atoms with Crippen molar-refractivity contribution in [1.82, 2.24) is 25.1 Å². The zero-order valence-electron chi connectivity index (χ0n) is 13.9. The van der Waals surface area contributed by atoms with Gasteiger partial charge < -0.3 is 10.6 Å². The zero-order chi connectivity index (χ0) is 19.0. The van der Waals surface area contributed by atoms with Crippen LogP contribution in [0.4, 0.5) is 35.2 Å². The molecule has 1 fully saturated rings. The van der Waals surface area contributed by atoms with Crippen LogP contribution in [0.2, 0.25) is 0 Å². The minimum Gasteiger partial charge on any atom is -0.339 e. The fourth-order valence-electron chi connectivity index (χ4n) is 2.81. The predicted molar refractivity (Wildman–Crippen MR) is 90.9 cm³/mol. The smallest absolute Gasteiger partial charge is 0.339 e. The number of amides is 2. The Morgan fingerprint density at radius 2 is 2.00 bits per heavy atom. The second kappa shape index (κ2) is 6.41. The molecule has 0 radical (unpaired) electrons. The Morgan fingerprint density at radius 1 is 1.15 bits per heavy atom. The molecule has 0 aliphatic carbocycles. The Labute approximate surface area is 151 Å². The first-order chi connectivity index (χ1) is 12.9. The Kier molecular flexibility index (Phi) is 4.05. The fourth-order valence-corrected chi connectivity index (χ4v) is 2.81. The molecule has 0 bridgehead atoms. The highest BCUT2D eigenvalue weighted by Gasteiger charge is 2.37. The van der Waals surface area contributed by atoms with Gasteiger partial charge in [0.05, 0.1) is 0 Å². The number of fused-ring (bicyclic) bond motifs is 1. The molecule has 1 aliphatic rings. The molecule has 0 spiro atoms. The summed E-state index contributed by atoms with van der Waals surface area (Å²) in [7, 11) is 0. The van der Waals surface area contributed by atoms with Crippen molar-refractivity contribution >= 4 is 28.9 Å². The highest BCUT2D eigenvalue weighted by atomic mass is 19.4. The number of nitrogens with one attached hydrogen (secondary N) is 2. The van der Waals surface area contributed by atoms with Crippen LogP contribution in [0, 0.1) is 0 Å². The van der Waals surface area contributed by atoms with E-state index in [1.165, 1.54) is 12.1 Å². The van der Waals surface area contributed by atoms with Gasteiger partial charge >= 0.3 is 12.2 Å². The molecule has 1 aliphatic heterocycles. The molecule has 11 heteroatoms. The van der Waals surface area contributed by atoms with Gasteiger partial charge in [-0.2, -0.15) is 17.7 Å². The second-order valence-electron chi connectivity index (χ2n) is 5.92. The predicted octanol–water partition coefficient (Wildman–Crippen LogP) is 2.81. The Hall–Kier alpha value is -3.37. The summed E-state index contributed by atoms with van der Waals surface area (Å²) in [6.07, 6.45) is -3.83. The molecule has 2 aromatic heterocycles. The number of carbonyl (C=O) groups is 1. The number of benzene rings is 1. The first-order valence-corrected chi connectivity index (χ1v) is 8.14. The van der Waals surface area contributed by atoms with Crippen LogP contribution < -0.4 is 15.5 Å². The molecule has 1 saturated heterocycles. The Morgan fingerprint density at radius 3 is 2.78 bits per heavy atom. The van der Waals surface area contributed by atoms with Crippen LogP contribution in [0.15, 0.2) is 36.4 Å².